The zero-order valence-corrected chi connectivity index (χ0v) is 12.2. The number of nitrogens with zero attached hydrogens (tertiary/aromatic N) is 1. The lowest BCUT2D eigenvalue weighted by molar-refractivity contribution is 0.112. The van der Waals surface area contributed by atoms with E-state index in [2.05, 4.69) is 0 Å². The zero-order chi connectivity index (χ0) is 15.0. The lowest BCUT2D eigenvalue weighted by Crippen LogP contribution is -2.14. The Kier molecular flexibility index (Phi) is 3.14. The van der Waals surface area contributed by atoms with E-state index in [-0.39, 0.29) is 4.90 Å². The molecule has 0 amide bonds. The van der Waals surface area contributed by atoms with Crippen molar-refractivity contribution in [2.45, 2.75) is 11.8 Å². The van der Waals surface area contributed by atoms with Crippen molar-refractivity contribution in [1.82, 2.24) is 3.97 Å². The highest BCUT2D eigenvalue weighted by atomic mass is 32.2. The standard InChI is InChI=1S/C16H13NO3S/c1-12-15(11-18)14-9-5-6-10-16(14)17(12)21(19,20)13-7-3-2-4-8-13/h2-11H,1H3. The third kappa shape index (κ3) is 1.97. The van der Waals surface area contributed by atoms with Gasteiger partial charge in [-0.3, -0.25) is 4.79 Å². The fourth-order valence-electron chi connectivity index (χ4n) is 2.52. The van der Waals surface area contributed by atoms with Crippen molar-refractivity contribution >= 4 is 27.2 Å². The van der Waals surface area contributed by atoms with E-state index < -0.39 is 10.0 Å². The number of benzene rings is 2. The highest BCUT2D eigenvalue weighted by Crippen LogP contribution is 2.28. The molecule has 0 N–H and O–H groups in total. The van der Waals surface area contributed by atoms with E-state index in [0.29, 0.717) is 28.4 Å². The SMILES string of the molecule is Cc1c(C=O)c2ccccc2n1S(=O)(=O)c1ccccc1. The van der Waals surface area contributed by atoms with Crippen molar-refractivity contribution in [3.05, 3.63) is 65.9 Å². The summed E-state index contributed by atoms with van der Waals surface area (Å²) < 4.78 is 26.9. The van der Waals surface area contributed by atoms with Crippen molar-refractivity contribution in [3.63, 3.8) is 0 Å². The van der Waals surface area contributed by atoms with Crippen molar-refractivity contribution in [2.24, 2.45) is 0 Å². The van der Waals surface area contributed by atoms with E-state index in [9.17, 15) is 13.2 Å². The molecular weight excluding hydrogens is 286 g/mol. The van der Waals surface area contributed by atoms with E-state index in [0.717, 1.165) is 0 Å². The molecule has 0 spiro atoms. The highest BCUT2D eigenvalue weighted by Gasteiger charge is 2.24. The van der Waals surface area contributed by atoms with Gasteiger partial charge in [-0.2, -0.15) is 0 Å². The number of fused-ring (bicyclic) bond motifs is 1. The summed E-state index contributed by atoms with van der Waals surface area (Å²) in [6, 6.07) is 15.2. The molecule has 1 heterocycles. The minimum atomic E-state index is -3.73. The number of rotatable bonds is 3. The highest BCUT2D eigenvalue weighted by molar-refractivity contribution is 7.90. The second-order valence-electron chi connectivity index (χ2n) is 4.72. The number of hydrogen-bond acceptors (Lipinski definition) is 3. The molecule has 0 bridgehead atoms. The Morgan fingerprint density at radius 3 is 2.24 bits per heavy atom. The molecule has 1 aromatic heterocycles. The summed E-state index contributed by atoms with van der Waals surface area (Å²) in [4.78, 5) is 11.5. The van der Waals surface area contributed by atoms with Gasteiger partial charge in [0.2, 0.25) is 0 Å². The quantitative estimate of drug-likeness (QED) is 0.699. The third-order valence-electron chi connectivity index (χ3n) is 3.51. The molecule has 0 aliphatic heterocycles. The normalized spacial score (nSPS) is 11.7. The predicted molar refractivity (Wildman–Crippen MR) is 81.1 cm³/mol. The van der Waals surface area contributed by atoms with Crippen molar-refractivity contribution in [3.8, 4) is 0 Å². The number of carbonyl (C=O) groups excluding carboxylic acids is 1. The first-order valence-electron chi connectivity index (χ1n) is 6.43. The molecule has 0 aliphatic rings. The first-order chi connectivity index (χ1) is 10.1. The van der Waals surface area contributed by atoms with E-state index >= 15 is 0 Å². The molecule has 3 rings (SSSR count). The molecular formula is C16H13NO3S. The van der Waals surface area contributed by atoms with Gasteiger partial charge in [-0.1, -0.05) is 36.4 Å². The zero-order valence-electron chi connectivity index (χ0n) is 11.4. The van der Waals surface area contributed by atoms with Crippen LogP contribution in [-0.2, 0) is 10.0 Å². The first-order valence-corrected chi connectivity index (χ1v) is 7.87. The van der Waals surface area contributed by atoms with Crippen LogP contribution in [-0.4, -0.2) is 18.7 Å². The van der Waals surface area contributed by atoms with Crippen LogP contribution in [0.25, 0.3) is 10.9 Å². The summed E-state index contributed by atoms with van der Waals surface area (Å²) in [6.45, 7) is 1.64. The molecule has 0 aliphatic carbocycles. The molecule has 106 valence electrons. The molecule has 0 fully saturated rings. The minimum Gasteiger partial charge on any atom is -0.298 e. The molecule has 0 unspecified atom stereocenters. The lowest BCUT2D eigenvalue weighted by atomic mass is 10.1. The third-order valence-corrected chi connectivity index (χ3v) is 5.33. The van der Waals surface area contributed by atoms with Crippen molar-refractivity contribution in [1.29, 1.82) is 0 Å². The molecule has 0 atom stereocenters. The molecule has 0 saturated heterocycles. The van der Waals surface area contributed by atoms with Gasteiger partial charge in [0.1, 0.15) is 0 Å². The summed E-state index contributed by atoms with van der Waals surface area (Å²) in [5.74, 6) is 0. The second kappa shape index (κ2) is 4.86. The van der Waals surface area contributed by atoms with Crippen LogP contribution in [0.2, 0.25) is 0 Å². The van der Waals surface area contributed by atoms with Gasteiger partial charge < -0.3 is 0 Å². The van der Waals surface area contributed by atoms with Crippen LogP contribution in [0.1, 0.15) is 16.1 Å². The average molecular weight is 299 g/mol. The van der Waals surface area contributed by atoms with E-state index in [4.69, 9.17) is 0 Å². The number of carbonyl (C=O) groups is 1. The van der Waals surface area contributed by atoms with Crippen LogP contribution in [0.3, 0.4) is 0 Å². The minimum absolute atomic E-state index is 0.200. The van der Waals surface area contributed by atoms with Gasteiger partial charge in [-0.05, 0) is 25.1 Å². The lowest BCUT2D eigenvalue weighted by Gasteiger charge is -2.09. The topological polar surface area (TPSA) is 56.1 Å². The van der Waals surface area contributed by atoms with Gasteiger partial charge in [0.05, 0.1) is 10.4 Å². The summed E-state index contributed by atoms with van der Waals surface area (Å²) in [7, 11) is -3.73. The van der Waals surface area contributed by atoms with Crippen LogP contribution in [0.15, 0.2) is 59.5 Å². The Labute approximate surface area is 122 Å². The van der Waals surface area contributed by atoms with Crippen LogP contribution >= 0.6 is 0 Å². The van der Waals surface area contributed by atoms with Crippen molar-refractivity contribution in [2.75, 3.05) is 0 Å². The van der Waals surface area contributed by atoms with Crippen LogP contribution in [0.4, 0.5) is 0 Å². The average Bonchev–Trinajstić information content (AvgIpc) is 2.80. The fourth-order valence-corrected chi connectivity index (χ4v) is 4.11. The van der Waals surface area contributed by atoms with Crippen LogP contribution < -0.4 is 0 Å². The van der Waals surface area contributed by atoms with Gasteiger partial charge in [0.25, 0.3) is 10.0 Å². The van der Waals surface area contributed by atoms with Gasteiger partial charge in [0, 0.05) is 16.6 Å². The predicted octanol–water partition coefficient (Wildman–Crippen LogP) is 3.00. The number of aldehydes is 1. The summed E-state index contributed by atoms with van der Waals surface area (Å²) >= 11 is 0. The summed E-state index contributed by atoms with van der Waals surface area (Å²) in [5, 5.41) is 0.643. The fraction of sp³-hybridized carbons (Fsp3) is 0.0625. The Morgan fingerprint density at radius 1 is 0.952 bits per heavy atom. The van der Waals surface area contributed by atoms with E-state index in [1.54, 1.807) is 61.5 Å². The molecule has 5 heteroatoms. The number of para-hydroxylation sites is 1. The van der Waals surface area contributed by atoms with Gasteiger partial charge in [-0.15, -0.1) is 0 Å². The number of hydrogen-bond donors (Lipinski definition) is 0. The molecule has 0 radical (unpaired) electrons. The summed E-state index contributed by atoms with van der Waals surface area (Å²) in [5.41, 5.74) is 1.35. The Bertz CT molecular complexity index is 925. The number of aromatic nitrogens is 1. The Balaban J connectivity index is 2.41. The molecule has 3 aromatic rings. The van der Waals surface area contributed by atoms with Crippen LogP contribution in [0, 0.1) is 6.92 Å². The molecule has 2 aromatic carbocycles. The first kappa shape index (κ1) is 13.6. The maximum Gasteiger partial charge on any atom is 0.268 e. The van der Waals surface area contributed by atoms with Gasteiger partial charge in [0.15, 0.2) is 6.29 Å². The molecule has 4 nitrogen and oxygen atoms in total. The monoisotopic (exact) mass is 299 g/mol. The maximum atomic E-state index is 12.8. The Hall–Kier alpha value is -2.40. The van der Waals surface area contributed by atoms with Crippen LogP contribution in [0.5, 0.6) is 0 Å². The Morgan fingerprint density at radius 2 is 1.57 bits per heavy atom. The van der Waals surface area contributed by atoms with E-state index in [1.807, 2.05) is 0 Å². The van der Waals surface area contributed by atoms with Gasteiger partial charge >= 0.3 is 0 Å². The molecule has 21 heavy (non-hydrogen) atoms. The maximum absolute atomic E-state index is 12.8. The van der Waals surface area contributed by atoms with Crippen molar-refractivity contribution < 1.29 is 13.2 Å². The largest absolute Gasteiger partial charge is 0.298 e. The van der Waals surface area contributed by atoms with Gasteiger partial charge in [-0.25, -0.2) is 12.4 Å². The molecule has 0 saturated carbocycles. The smallest absolute Gasteiger partial charge is 0.268 e. The summed E-state index contributed by atoms with van der Waals surface area (Å²) in [6.07, 6.45) is 0.703. The second-order valence-corrected chi connectivity index (χ2v) is 6.50. The van der Waals surface area contributed by atoms with E-state index in [1.165, 1.54) is 3.97 Å².